The molecule has 0 amide bonds. The third-order valence-corrected chi connectivity index (χ3v) is 3.93. The third-order valence-electron chi connectivity index (χ3n) is 3.47. The molecule has 1 aromatic carbocycles. The average molecular weight is 338 g/mol. The second-order valence-corrected chi connectivity index (χ2v) is 5.92. The molecule has 1 N–H and O–H groups in total. The van der Waals surface area contributed by atoms with Gasteiger partial charge in [0.2, 0.25) is 0 Å². The van der Waals surface area contributed by atoms with Gasteiger partial charge in [0.15, 0.2) is 0 Å². The molecule has 0 unspecified atom stereocenters. The Labute approximate surface area is 125 Å². The molecule has 20 heavy (non-hydrogen) atoms. The Morgan fingerprint density at radius 2 is 2.15 bits per heavy atom. The summed E-state index contributed by atoms with van der Waals surface area (Å²) in [6, 6.07) is 3.87. The van der Waals surface area contributed by atoms with Crippen molar-refractivity contribution in [3.63, 3.8) is 0 Å². The lowest BCUT2D eigenvalue weighted by Gasteiger charge is -2.26. The third kappa shape index (κ3) is 2.77. The number of aromatic nitrogens is 2. The second kappa shape index (κ2) is 5.63. The van der Waals surface area contributed by atoms with Crippen LogP contribution in [0.5, 0.6) is 0 Å². The van der Waals surface area contributed by atoms with Gasteiger partial charge >= 0.3 is 0 Å². The van der Waals surface area contributed by atoms with Crippen LogP contribution in [0.4, 0.5) is 0 Å². The summed E-state index contributed by atoms with van der Waals surface area (Å²) in [6.07, 6.45) is 0. The molecule has 1 saturated heterocycles. The predicted octanol–water partition coefficient (Wildman–Crippen LogP) is 1.83. The zero-order chi connectivity index (χ0) is 14.1. The number of rotatable bonds is 2. The van der Waals surface area contributed by atoms with E-state index >= 15 is 0 Å². The number of aryl methyl sites for hydroxylation is 1. The Balaban J connectivity index is 2.06. The number of nitrogens with one attached hydrogen (secondary N) is 1. The zero-order valence-electron chi connectivity index (χ0n) is 11.3. The van der Waals surface area contributed by atoms with E-state index in [0.717, 1.165) is 48.4 Å². The molecular formula is C14H16BrN3O2. The smallest absolute Gasteiger partial charge is 0.258 e. The Morgan fingerprint density at radius 3 is 2.90 bits per heavy atom. The van der Waals surface area contributed by atoms with Crippen molar-refractivity contribution in [2.45, 2.75) is 13.5 Å². The van der Waals surface area contributed by atoms with Crippen LogP contribution in [0.3, 0.4) is 0 Å². The number of nitrogens with zero attached hydrogens (tertiary/aromatic N) is 2. The molecule has 106 valence electrons. The van der Waals surface area contributed by atoms with Gasteiger partial charge in [0.25, 0.3) is 5.56 Å². The Bertz CT molecular complexity index is 693. The van der Waals surface area contributed by atoms with Crippen LogP contribution in [0.15, 0.2) is 21.4 Å². The molecule has 1 fully saturated rings. The molecule has 0 bridgehead atoms. The summed E-state index contributed by atoms with van der Waals surface area (Å²) in [5.41, 5.74) is 1.78. The number of hydrogen-bond acceptors (Lipinski definition) is 4. The minimum atomic E-state index is -0.0861. The Kier molecular flexibility index (Phi) is 3.87. The molecule has 1 aromatic heterocycles. The molecule has 0 atom stereocenters. The summed E-state index contributed by atoms with van der Waals surface area (Å²) in [6.45, 7) is 5.95. The number of benzene rings is 1. The quantitative estimate of drug-likeness (QED) is 0.908. The zero-order valence-corrected chi connectivity index (χ0v) is 12.9. The molecule has 5 nitrogen and oxygen atoms in total. The highest BCUT2D eigenvalue weighted by Gasteiger charge is 2.15. The highest BCUT2D eigenvalue weighted by atomic mass is 79.9. The van der Waals surface area contributed by atoms with Crippen LogP contribution in [-0.2, 0) is 11.3 Å². The topological polar surface area (TPSA) is 58.2 Å². The number of hydrogen-bond donors (Lipinski definition) is 1. The summed E-state index contributed by atoms with van der Waals surface area (Å²) in [7, 11) is 0. The van der Waals surface area contributed by atoms with Crippen molar-refractivity contribution in [3.05, 3.63) is 38.3 Å². The van der Waals surface area contributed by atoms with Crippen LogP contribution in [-0.4, -0.2) is 41.2 Å². The summed E-state index contributed by atoms with van der Waals surface area (Å²) < 4.78 is 6.27. The van der Waals surface area contributed by atoms with Crippen molar-refractivity contribution in [2.24, 2.45) is 0 Å². The van der Waals surface area contributed by atoms with Gasteiger partial charge in [-0.05, 0) is 24.6 Å². The molecule has 3 rings (SSSR count). The first-order valence-corrected chi connectivity index (χ1v) is 7.42. The van der Waals surface area contributed by atoms with E-state index in [1.165, 1.54) is 0 Å². The van der Waals surface area contributed by atoms with Crippen molar-refractivity contribution in [1.29, 1.82) is 0 Å². The van der Waals surface area contributed by atoms with Crippen molar-refractivity contribution >= 4 is 26.8 Å². The standard InChI is InChI=1S/C14H16BrN3O2/c1-9-16-13-10(8-18-2-4-20-5-3-18)6-11(15)7-12(13)14(19)17-9/h6-7H,2-5,8H2,1H3,(H,16,17,19). The van der Waals surface area contributed by atoms with Crippen LogP contribution >= 0.6 is 15.9 Å². The van der Waals surface area contributed by atoms with Gasteiger partial charge in [-0.25, -0.2) is 4.98 Å². The van der Waals surface area contributed by atoms with Gasteiger partial charge in [-0.3, -0.25) is 9.69 Å². The van der Waals surface area contributed by atoms with Crippen LogP contribution < -0.4 is 5.56 Å². The SMILES string of the molecule is Cc1nc2c(CN3CCOCC3)cc(Br)cc2c(=O)[nH]1. The summed E-state index contributed by atoms with van der Waals surface area (Å²) in [5.74, 6) is 0.646. The van der Waals surface area contributed by atoms with E-state index in [1.54, 1.807) is 6.92 Å². The fraction of sp³-hybridized carbons (Fsp3) is 0.429. The lowest BCUT2D eigenvalue weighted by molar-refractivity contribution is 0.0343. The van der Waals surface area contributed by atoms with Gasteiger partial charge in [0, 0.05) is 24.1 Å². The number of aromatic amines is 1. The first-order chi connectivity index (χ1) is 9.63. The van der Waals surface area contributed by atoms with Crippen molar-refractivity contribution in [1.82, 2.24) is 14.9 Å². The molecule has 1 aliphatic rings. The molecule has 0 aliphatic carbocycles. The van der Waals surface area contributed by atoms with Crippen LogP contribution in [0.1, 0.15) is 11.4 Å². The number of halogens is 1. The maximum absolute atomic E-state index is 12.0. The lowest BCUT2D eigenvalue weighted by Crippen LogP contribution is -2.35. The number of morpholine rings is 1. The number of fused-ring (bicyclic) bond motifs is 1. The Morgan fingerprint density at radius 1 is 1.40 bits per heavy atom. The first-order valence-electron chi connectivity index (χ1n) is 6.62. The Hall–Kier alpha value is -1.24. The highest BCUT2D eigenvalue weighted by Crippen LogP contribution is 2.22. The molecular weight excluding hydrogens is 322 g/mol. The van der Waals surface area contributed by atoms with E-state index in [2.05, 4.69) is 30.8 Å². The van der Waals surface area contributed by atoms with Gasteiger partial charge in [-0.2, -0.15) is 0 Å². The fourth-order valence-electron chi connectivity index (χ4n) is 2.51. The highest BCUT2D eigenvalue weighted by molar-refractivity contribution is 9.10. The summed E-state index contributed by atoms with van der Waals surface area (Å²) >= 11 is 3.48. The van der Waals surface area contributed by atoms with Crippen molar-refractivity contribution in [3.8, 4) is 0 Å². The number of ether oxygens (including phenoxy) is 1. The molecule has 0 radical (unpaired) electrons. The first kappa shape index (κ1) is 13.7. The van der Waals surface area contributed by atoms with E-state index < -0.39 is 0 Å². The molecule has 0 spiro atoms. The molecule has 1 aliphatic heterocycles. The summed E-state index contributed by atoms with van der Waals surface area (Å²) in [5, 5.41) is 0.633. The van der Waals surface area contributed by atoms with Crippen molar-refractivity contribution in [2.75, 3.05) is 26.3 Å². The monoisotopic (exact) mass is 337 g/mol. The maximum Gasteiger partial charge on any atom is 0.258 e. The normalized spacial score (nSPS) is 16.7. The van der Waals surface area contributed by atoms with Crippen molar-refractivity contribution < 1.29 is 4.74 Å². The number of H-pyrrole nitrogens is 1. The van der Waals surface area contributed by atoms with E-state index in [4.69, 9.17) is 4.74 Å². The largest absolute Gasteiger partial charge is 0.379 e. The molecule has 0 saturated carbocycles. The van der Waals surface area contributed by atoms with E-state index in [-0.39, 0.29) is 5.56 Å². The van der Waals surface area contributed by atoms with Gasteiger partial charge in [-0.1, -0.05) is 15.9 Å². The van der Waals surface area contributed by atoms with Crippen LogP contribution in [0.25, 0.3) is 10.9 Å². The van der Waals surface area contributed by atoms with E-state index in [9.17, 15) is 4.79 Å². The van der Waals surface area contributed by atoms with E-state index in [1.807, 2.05) is 12.1 Å². The van der Waals surface area contributed by atoms with E-state index in [0.29, 0.717) is 11.2 Å². The van der Waals surface area contributed by atoms with Gasteiger partial charge in [0.05, 0.1) is 24.1 Å². The second-order valence-electron chi connectivity index (χ2n) is 5.00. The molecule has 6 heteroatoms. The van der Waals surface area contributed by atoms with Gasteiger partial charge in [0.1, 0.15) is 5.82 Å². The van der Waals surface area contributed by atoms with Crippen LogP contribution in [0, 0.1) is 6.92 Å². The molecule has 2 heterocycles. The maximum atomic E-state index is 12.0. The van der Waals surface area contributed by atoms with Gasteiger partial charge < -0.3 is 9.72 Å². The van der Waals surface area contributed by atoms with Gasteiger partial charge in [-0.15, -0.1) is 0 Å². The fourth-order valence-corrected chi connectivity index (χ4v) is 3.01. The minimum Gasteiger partial charge on any atom is -0.379 e. The lowest BCUT2D eigenvalue weighted by atomic mass is 10.1. The average Bonchev–Trinajstić information content (AvgIpc) is 2.41. The minimum absolute atomic E-state index is 0.0861. The molecule has 2 aromatic rings. The van der Waals surface area contributed by atoms with Crippen LogP contribution in [0.2, 0.25) is 0 Å². The predicted molar refractivity (Wildman–Crippen MR) is 80.9 cm³/mol. The summed E-state index contributed by atoms with van der Waals surface area (Å²) in [4.78, 5) is 21.6.